The van der Waals surface area contributed by atoms with Crippen molar-refractivity contribution in [1.82, 2.24) is 4.90 Å². The highest BCUT2D eigenvalue weighted by atomic mass is 32.2. The van der Waals surface area contributed by atoms with Gasteiger partial charge in [0.15, 0.2) is 16.7 Å². The number of carbonyl (C=O) groups excluding carboxylic acids is 1. The molecule has 0 spiro atoms. The lowest BCUT2D eigenvalue weighted by Gasteiger charge is -2.15. The maximum absolute atomic E-state index is 13.1. The lowest BCUT2D eigenvalue weighted by molar-refractivity contribution is -0.122. The molecule has 3 rings (SSSR count). The minimum absolute atomic E-state index is 0.0819. The van der Waals surface area contributed by atoms with Crippen molar-refractivity contribution in [2.45, 2.75) is 33.3 Å². The molecule has 0 N–H and O–H groups in total. The number of amidine groups is 1. The number of amides is 1. The van der Waals surface area contributed by atoms with E-state index in [1.807, 2.05) is 38.1 Å². The molecule has 0 unspecified atom stereocenters. The average molecular weight is 429 g/mol. The van der Waals surface area contributed by atoms with Crippen LogP contribution in [-0.2, 0) is 4.79 Å². The number of hydrogen-bond acceptors (Lipinski definition) is 5. The summed E-state index contributed by atoms with van der Waals surface area (Å²) in [5.41, 5.74) is 1.43. The Morgan fingerprint density at radius 1 is 1.17 bits per heavy atom. The summed E-state index contributed by atoms with van der Waals surface area (Å²) in [6, 6.07) is 11.5. The van der Waals surface area contributed by atoms with Gasteiger partial charge >= 0.3 is 0 Å². The van der Waals surface area contributed by atoms with Crippen LogP contribution in [0.25, 0.3) is 6.08 Å². The molecule has 0 aromatic heterocycles. The van der Waals surface area contributed by atoms with Gasteiger partial charge in [0.2, 0.25) is 0 Å². The fourth-order valence-corrected chi connectivity index (χ4v) is 3.88. The van der Waals surface area contributed by atoms with Crippen molar-refractivity contribution in [3.8, 4) is 11.5 Å². The molecule has 1 aliphatic heterocycles. The molecule has 0 radical (unpaired) electrons. The van der Waals surface area contributed by atoms with Gasteiger partial charge in [0.05, 0.1) is 23.8 Å². The van der Waals surface area contributed by atoms with Crippen molar-refractivity contribution in [3.63, 3.8) is 0 Å². The van der Waals surface area contributed by atoms with Gasteiger partial charge in [0, 0.05) is 6.54 Å². The van der Waals surface area contributed by atoms with Crippen LogP contribution < -0.4 is 9.47 Å². The van der Waals surface area contributed by atoms with Crippen molar-refractivity contribution in [1.29, 1.82) is 0 Å². The summed E-state index contributed by atoms with van der Waals surface area (Å²) in [7, 11) is 1.59. The first-order chi connectivity index (χ1) is 14.4. The first-order valence-electron chi connectivity index (χ1n) is 9.85. The average Bonchev–Trinajstić information content (AvgIpc) is 3.04. The fraction of sp³-hybridized carbons (Fsp3) is 0.304. The van der Waals surface area contributed by atoms with Crippen LogP contribution in [0.2, 0.25) is 0 Å². The predicted octanol–water partition coefficient (Wildman–Crippen LogP) is 5.64. The Balaban J connectivity index is 1.88. The number of ether oxygens (including phenoxy) is 2. The number of thioether (sulfide) groups is 1. The van der Waals surface area contributed by atoms with Gasteiger partial charge < -0.3 is 9.47 Å². The van der Waals surface area contributed by atoms with E-state index in [4.69, 9.17) is 9.47 Å². The van der Waals surface area contributed by atoms with Gasteiger partial charge in [-0.05, 0) is 80.1 Å². The minimum Gasteiger partial charge on any atom is -0.493 e. The van der Waals surface area contributed by atoms with E-state index in [0.717, 1.165) is 12.0 Å². The normalized spacial score (nSPS) is 17.6. The highest BCUT2D eigenvalue weighted by molar-refractivity contribution is 8.18. The standard InChI is InChI=1S/C23H25FN2O3S/c1-5-15(3)29-19-12-7-16(13-20(19)28-4)14-21-22(27)26(6-2)23(30-21)25-18-10-8-17(24)9-11-18/h7-15H,5-6H2,1-4H3/b21-14+,25-23?/t15-/m0/s1. The number of halogens is 1. The smallest absolute Gasteiger partial charge is 0.266 e. The second-order valence-electron chi connectivity index (χ2n) is 6.78. The zero-order chi connectivity index (χ0) is 21.7. The van der Waals surface area contributed by atoms with Crippen LogP contribution in [0.3, 0.4) is 0 Å². The predicted molar refractivity (Wildman–Crippen MR) is 120 cm³/mol. The van der Waals surface area contributed by atoms with Crippen LogP contribution in [0.1, 0.15) is 32.8 Å². The van der Waals surface area contributed by atoms with E-state index in [9.17, 15) is 9.18 Å². The lowest BCUT2D eigenvalue weighted by atomic mass is 10.1. The van der Waals surface area contributed by atoms with E-state index < -0.39 is 0 Å². The topological polar surface area (TPSA) is 51.1 Å². The monoisotopic (exact) mass is 428 g/mol. The van der Waals surface area contributed by atoms with Crippen LogP contribution >= 0.6 is 11.8 Å². The summed E-state index contributed by atoms with van der Waals surface area (Å²) in [5, 5.41) is 0.573. The molecule has 1 amide bonds. The Hall–Kier alpha value is -2.80. The summed E-state index contributed by atoms with van der Waals surface area (Å²) >= 11 is 1.30. The van der Waals surface area contributed by atoms with Gasteiger partial charge in [-0.25, -0.2) is 9.38 Å². The Kier molecular flexibility index (Phi) is 7.15. The number of likely N-dealkylation sites (N-methyl/N-ethyl adjacent to an activating group) is 1. The highest BCUT2D eigenvalue weighted by Gasteiger charge is 2.32. The van der Waals surface area contributed by atoms with Crippen molar-refractivity contribution in [2.75, 3.05) is 13.7 Å². The van der Waals surface area contributed by atoms with Crippen LogP contribution in [0, 0.1) is 5.82 Å². The quantitative estimate of drug-likeness (QED) is 0.536. The van der Waals surface area contributed by atoms with Gasteiger partial charge in [-0.1, -0.05) is 13.0 Å². The molecule has 1 aliphatic rings. The number of aliphatic imine (C=N–C) groups is 1. The van der Waals surface area contributed by atoms with E-state index >= 15 is 0 Å². The first-order valence-corrected chi connectivity index (χ1v) is 10.7. The second-order valence-corrected chi connectivity index (χ2v) is 7.79. The third kappa shape index (κ3) is 5.02. The fourth-order valence-electron chi connectivity index (χ4n) is 2.82. The van der Waals surface area contributed by atoms with E-state index in [-0.39, 0.29) is 17.8 Å². The number of hydrogen-bond donors (Lipinski definition) is 0. The van der Waals surface area contributed by atoms with Gasteiger partial charge in [-0.15, -0.1) is 0 Å². The molecule has 1 fully saturated rings. The molecule has 1 atom stereocenters. The zero-order valence-electron chi connectivity index (χ0n) is 17.5. The summed E-state index contributed by atoms with van der Waals surface area (Å²) in [4.78, 5) is 19.5. The molecule has 1 saturated heterocycles. The Bertz CT molecular complexity index is 973. The van der Waals surface area contributed by atoms with Crippen LogP contribution in [-0.4, -0.2) is 35.7 Å². The van der Waals surface area contributed by atoms with Crippen molar-refractivity contribution in [2.24, 2.45) is 4.99 Å². The Morgan fingerprint density at radius 3 is 2.53 bits per heavy atom. The second kappa shape index (κ2) is 9.80. The number of nitrogens with zero attached hydrogens (tertiary/aromatic N) is 2. The highest BCUT2D eigenvalue weighted by Crippen LogP contribution is 2.36. The Morgan fingerprint density at radius 2 is 1.90 bits per heavy atom. The Labute approximate surface area is 180 Å². The van der Waals surface area contributed by atoms with E-state index in [0.29, 0.717) is 33.8 Å². The third-order valence-corrected chi connectivity index (χ3v) is 5.65. The third-order valence-electron chi connectivity index (χ3n) is 4.64. The molecule has 0 bridgehead atoms. The lowest BCUT2D eigenvalue weighted by Crippen LogP contribution is -2.28. The molecule has 30 heavy (non-hydrogen) atoms. The molecule has 2 aromatic carbocycles. The van der Waals surface area contributed by atoms with Crippen molar-refractivity contribution < 1.29 is 18.7 Å². The van der Waals surface area contributed by atoms with Crippen LogP contribution in [0.4, 0.5) is 10.1 Å². The molecule has 7 heteroatoms. The van der Waals surface area contributed by atoms with Gasteiger partial charge in [0.25, 0.3) is 5.91 Å². The van der Waals surface area contributed by atoms with Gasteiger partial charge in [0.1, 0.15) is 5.82 Å². The zero-order valence-corrected chi connectivity index (χ0v) is 18.3. The maximum atomic E-state index is 13.1. The van der Waals surface area contributed by atoms with E-state index in [1.54, 1.807) is 24.1 Å². The number of methoxy groups -OCH3 is 1. The molecular formula is C23H25FN2O3S. The van der Waals surface area contributed by atoms with E-state index in [2.05, 4.69) is 11.9 Å². The summed E-state index contributed by atoms with van der Waals surface area (Å²) in [6.45, 7) is 6.45. The number of benzene rings is 2. The van der Waals surface area contributed by atoms with Crippen LogP contribution in [0.15, 0.2) is 52.4 Å². The van der Waals surface area contributed by atoms with Gasteiger partial charge in [-0.2, -0.15) is 0 Å². The largest absolute Gasteiger partial charge is 0.493 e. The minimum atomic E-state index is -0.322. The molecular weight excluding hydrogens is 403 g/mol. The molecule has 1 heterocycles. The van der Waals surface area contributed by atoms with Gasteiger partial charge in [-0.3, -0.25) is 9.69 Å². The molecule has 158 valence electrons. The molecule has 0 saturated carbocycles. The number of rotatable bonds is 7. The summed E-state index contributed by atoms with van der Waals surface area (Å²) < 4.78 is 24.5. The molecule has 5 nitrogen and oxygen atoms in total. The summed E-state index contributed by atoms with van der Waals surface area (Å²) in [5.74, 6) is 0.861. The first kappa shape index (κ1) is 21.9. The van der Waals surface area contributed by atoms with E-state index in [1.165, 1.54) is 23.9 Å². The number of carbonyl (C=O) groups is 1. The van der Waals surface area contributed by atoms with Crippen molar-refractivity contribution >= 4 is 34.6 Å². The maximum Gasteiger partial charge on any atom is 0.266 e. The SMILES string of the molecule is CC[C@H](C)Oc1ccc(/C=C2/SC(=Nc3ccc(F)cc3)N(CC)C2=O)cc1OC. The summed E-state index contributed by atoms with van der Waals surface area (Å²) in [6.07, 6.45) is 2.79. The molecule has 0 aliphatic carbocycles. The van der Waals surface area contributed by atoms with Crippen LogP contribution in [0.5, 0.6) is 11.5 Å². The molecule has 2 aromatic rings. The van der Waals surface area contributed by atoms with Crippen molar-refractivity contribution in [3.05, 3.63) is 58.8 Å².